The Labute approximate surface area is 94.8 Å². The number of carbonyl (C=O) groups is 2. The fourth-order valence-electron chi connectivity index (χ4n) is 1.64. The van der Waals surface area contributed by atoms with Gasteiger partial charge in [0.25, 0.3) is 5.91 Å². The van der Waals surface area contributed by atoms with Crippen LogP contribution in [0, 0.1) is 13.8 Å². The number of methoxy groups -OCH3 is 1. The van der Waals surface area contributed by atoms with Crippen molar-refractivity contribution in [2.75, 3.05) is 19.1 Å². The Hall–Kier alpha value is -1.84. The molecular weight excluding hydrogens is 206 g/mol. The maximum absolute atomic E-state index is 11.3. The lowest BCUT2D eigenvalue weighted by Gasteiger charge is -2.19. The Balaban J connectivity index is 3.30. The molecule has 16 heavy (non-hydrogen) atoms. The zero-order chi connectivity index (χ0) is 12.3. The molecule has 4 heteroatoms. The van der Waals surface area contributed by atoms with E-state index in [0.29, 0.717) is 11.4 Å². The van der Waals surface area contributed by atoms with Gasteiger partial charge in [0, 0.05) is 7.05 Å². The van der Waals surface area contributed by atoms with E-state index in [1.807, 2.05) is 26.0 Å². The normalized spacial score (nSPS) is 9.75. The molecule has 86 valence electrons. The van der Waals surface area contributed by atoms with Crippen molar-refractivity contribution in [1.82, 2.24) is 0 Å². The van der Waals surface area contributed by atoms with Gasteiger partial charge in [-0.1, -0.05) is 6.07 Å². The average Bonchev–Trinajstić information content (AvgIpc) is 2.26. The van der Waals surface area contributed by atoms with Crippen LogP contribution in [0.1, 0.15) is 11.1 Å². The highest BCUT2D eigenvalue weighted by Crippen LogP contribution is 2.32. The Bertz CT molecular complexity index is 427. The molecule has 0 aliphatic rings. The van der Waals surface area contributed by atoms with Crippen molar-refractivity contribution < 1.29 is 14.3 Å². The van der Waals surface area contributed by atoms with Gasteiger partial charge >= 0.3 is 0 Å². The molecule has 0 heterocycles. The third-order valence-corrected chi connectivity index (χ3v) is 2.40. The topological polar surface area (TPSA) is 46.6 Å². The van der Waals surface area contributed by atoms with Gasteiger partial charge < -0.3 is 9.64 Å². The monoisotopic (exact) mass is 221 g/mol. The molecule has 1 aromatic carbocycles. The van der Waals surface area contributed by atoms with E-state index in [9.17, 15) is 9.59 Å². The summed E-state index contributed by atoms with van der Waals surface area (Å²) in [6.07, 6.45) is 0.289. The minimum Gasteiger partial charge on any atom is -0.494 e. The Kier molecular flexibility index (Phi) is 3.66. The molecule has 0 atom stereocenters. The Morgan fingerprint density at radius 1 is 1.38 bits per heavy atom. The van der Waals surface area contributed by atoms with Crippen molar-refractivity contribution in [3.05, 3.63) is 23.3 Å². The summed E-state index contributed by atoms with van der Waals surface area (Å²) in [6, 6.07) is 3.77. The number of carbonyl (C=O) groups excluding carboxylic acids is 2. The van der Waals surface area contributed by atoms with Crippen LogP contribution < -0.4 is 9.64 Å². The summed E-state index contributed by atoms with van der Waals surface area (Å²) in [4.78, 5) is 23.0. The fraction of sp³-hybridized carbons (Fsp3) is 0.333. The highest BCUT2D eigenvalue weighted by atomic mass is 16.5. The van der Waals surface area contributed by atoms with Crippen LogP contribution in [0.25, 0.3) is 0 Å². The van der Waals surface area contributed by atoms with E-state index in [1.165, 1.54) is 4.90 Å². The molecule has 1 aromatic rings. The van der Waals surface area contributed by atoms with E-state index >= 15 is 0 Å². The molecule has 0 saturated heterocycles. The molecule has 0 unspecified atom stereocenters. The van der Waals surface area contributed by atoms with E-state index in [2.05, 4.69) is 0 Å². The standard InChI is InChI=1S/C12H15NO3/c1-8-5-9(2)12(16-4)10(6-8)13(3)11(15)7-14/h5-7H,1-4H3. The van der Waals surface area contributed by atoms with E-state index in [1.54, 1.807) is 14.2 Å². The highest BCUT2D eigenvalue weighted by Gasteiger charge is 2.16. The van der Waals surface area contributed by atoms with Gasteiger partial charge in [0.1, 0.15) is 5.75 Å². The van der Waals surface area contributed by atoms with Gasteiger partial charge in [-0.15, -0.1) is 0 Å². The SMILES string of the molecule is COc1c(C)cc(C)cc1N(C)C(=O)C=O. The second-order valence-electron chi connectivity index (χ2n) is 3.65. The molecule has 0 fully saturated rings. The van der Waals surface area contributed by atoms with Gasteiger partial charge in [0.15, 0.2) is 0 Å². The van der Waals surface area contributed by atoms with Crippen LogP contribution in [0.5, 0.6) is 5.75 Å². The van der Waals surface area contributed by atoms with Crippen LogP contribution in [0.3, 0.4) is 0 Å². The van der Waals surface area contributed by atoms with Crippen molar-refractivity contribution in [1.29, 1.82) is 0 Å². The second kappa shape index (κ2) is 4.79. The van der Waals surface area contributed by atoms with Crippen molar-refractivity contribution in [3.8, 4) is 5.75 Å². The summed E-state index contributed by atoms with van der Waals surface area (Å²) in [7, 11) is 3.09. The third-order valence-electron chi connectivity index (χ3n) is 2.40. The van der Waals surface area contributed by atoms with Crippen LogP contribution in [-0.2, 0) is 9.59 Å². The first-order chi connectivity index (χ1) is 7.51. The smallest absolute Gasteiger partial charge is 0.290 e. The maximum atomic E-state index is 11.3. The van der Waals surface area contributed by atoms with Crippen molar-refractivity contribution in [2.24, 2.45) is 0 Å². The zero-order valence-corrected chi connectivity index (χ0v) is 9.90. The van der Waals surface area contributed by atoms with Gasteiger partial charge in [-0.3, -0.25) is 9.59 Å². The van der Waals surface area contributed by atoms with Gasteiger partial charge in [-0.2, -0.15) is 0 Å². The van der Waals surface area contributed by atoms with Gasteiger partial charge in [0.2, 0.25) is 6.29 Å². The number of hydrogen-bond acceptors (Lipinski definition) is 3. The number of likely N-dealkylation sites (N-methyl/N-ethyl adjacent to an activating group) is 1. The minimum absolute atomic E-state index is 0.289. The number of benzene rings is 1. The molecule has 0 aromatic heterocycles. The number of aryl methyl sites for hydroxylation is 2. The lowest BCUT2D eigenvalue weighted by Crippen LogP contribution is -2.27. The largest absolute Gasteiger partial charge is 0.494 e. The first-order valence-electron chi connectivity index (χ1n) is 4.89. The molecule has 4 nitrogen and oxygen atoms in total. The van der Waals surface area contributed by atoms with Gasteiger partial charge in [0.05, 0.1) is 12.8 Å². The van der Waals surface area contributed by atoms with Gasteiger partial charge in [-0.05, 0) is 31.0 Å². The lowest BCUT2D eigenvalue weighted by atomic mass is 10.1. The first-order valence-corrected chi connectivity index (χ1v) is 4.89. The van der Waals surface area contributed by atoms with Crippen molar-refractivity contribution >= 4 is 17.9 Å². The molecule has 0 saturated carbocycles. The third kappa shape index (κ3) is 2.21. The number of ether oxygens (including phenoxy) is 1. The predicted octanol–water partition coefficient (Wildman–Crippen LogP) is 1.47. The van der Waals surface area contributed by atoms with Crippen LogP contribution in [-0.4, -0.2) is 26.4 Å². The van der Waals surface area contributed by atoms with E-state index in [-0.39, 0.29) is 6.29 Å². The average molecular weight is 221 g/mol. The fourth-order valence-corrected chi connectivity index (χ4v) is 1.64. The zero-order valence-electron chi connectivity index (χ0n) is 9.90. The van der Waals surface area contributed by atoms with Gasteiger partial charge in [-0.25, -0.2) is 0 Å². The molecule has 0 bridgehead atoms. The number of nitrogens with zero attached hydrogens (tertiary/aromatic N) is 1. The predicted molar refractivity (Wildman–Crippen MR) is 61.9 cm³/mol. The number of aldehydes is 1. The van der Waals surface area contributed by atoms with Crippen molar-refractivity contribution in [2.45, 2.75) is 13.8 Å². The molecule has 1 amide bonds. The van der Waals surface area contributed by atoms with E-state index in [0.717, 1.165) is 11.1 Å². The number of anilines is 1. The molecule has 0 N–H and O–H groups in total. The number of amides is 1. The molecule has 1 rings (SSSR count). The van der Waals surface area contributed by atoms with Crippen molar-refractivity contribution in [3.63, 3.8) is 0 Å². The second-order valence-corrected chi connectivity index (χ2v) is 3.65. The molecule has 0 aliphatic carbocycles. The summed E-state index contributed by atoms with van der Waals surface area (Å²) < 4.78 is 5.24. The summed E-state index contributed by atoms with van der Waals surface area (Å²) in [5.74, 6) is 0.0200. The Morgan fingerprint density at radius 3 is 2.50 bits per heavy atom. The lowest BCUT2D eigenvalue weighted by molar-refractivity contribution is -0.129. The van der Waals surface area contributed by atoms with Crippen LogP contribution in [0.15, 0.2) is 12.1 Å². The molecule has 0 spiro atoms. The van der Waals surface area contributed by atoms with E-state index < -0.39 is 5.91 Å². The van der Waals surface area contributed by atoms with Crippen LogP contribution in [0.2, 0.25) is 0 Å². The molecule has 0 aliphatic heterocycles. The maximum Gasteiger partial charge on any atom is 0.290 e. The van der Waals surface area contributed by atoms with Crippen LogP contribution in [0.4, 0.5) is 5.69 Å². The Morgan fingerprint density at radius 2 is 2.00 bits per heavy atom. The van der Waals surface area contributed by atoms with Crippen LogP contribution >= 0.6 is 0 Å². The first kappa shape index (κ1) is 12.2. The molecular formula is C12H15NO3. The highest BCUT2D eigenvalue weighted by molar-refractivity contribution is 6.30. The number of rotatable bonds is 3. The number of hydrogen-bond donors (Lipinski definition) is 0. The minimum atomic E-state index is -0.594. The summed E-state index contributed by atoms with van der Waals surface area (Å²) in [5.41, 5.74) is 2.55. The van der Waals surface area contributed by atoms with E-state index in [4.69, 9.17) is 4.74 Å². The summed E-state index contributed by atoms with van der Waals surface area (Å²) >= 11 is 0. The summed E-state index contributed by atoms with van der Waals surface area (Å²) in [5, 5.41) is 0. The summed E-state index contributed by atoms with van der Waals surface area (Å²) in [6.45, 7) is 3.82. The quantitative estimate of drug-likeness (QED) is 0.573. The molecule has 0 radical (unpaired) electrons.